The lowest BCUT2D eigenvalue weighted by Crippen LogP contribution is -2.36. The second-order valence-electron chi connectivity index (χ2n) is 5.82. The molecule has 0 unspecified atom stereocenters. The van der Waals surface area contributed by atoms with E-state index >= 15 is 0 Å². The van der Waals surface area contributed by atoms with Crippen molar-refractivity contribution in [2.75, 3.05) is 6.61 Å². The van der Waals surface area contributed by atoms with Crippen molar-refractivity contribution in [2.24, 2.45) is 0 Å². The number of halogens is 1. The lowest BCUT2D eigenvalue weighted by Gasteiger charge is -2.22. The molecule has 114 valence electrons. The van der Waals surface area contributed by atoms with Crippen molar-refractivity contribution in [3.05, 3.63) is 34.4 Å². The molecule has 0 fully saturated rings. The number of hydrogen-bond acceptors (Lipinski definition) is 3. The van der Waals surface area contributed by atoms with Gasteiger partial charge in [-0.1, -0.05) is 22.0 Å². The van der Waals surface area contributed by atoms with E-state index in [1.165, 1.54) is 0 Å². The van der Waals surface area contributed by atoms with Gasteiger partial charge in [-0.15, -0.1) is 0 Å². The molecule has 0 aliphatic heterocycles. The number of H-pyrrole nitrogens is 1. The fourth-order valence-electron chi connectivity index (χ4n) is 2.08. The molecule has 2 aromatic rings. The van der Waals surface area contributed by atoms with Crippen LogP contribution in [0.15, 0.2) is 28.9 Å². The summed E-state index contributed by atoms with van der Waals surface area (Å²) in [7, 11) is 0. The first kappa shape index (κ1) is 15.9. The van der Waals surface area contributed by atoms with Crippen molar-refractivity contribution in [1.29, 1.82) is 0 Å². The summed E-state index contributed by atoms with van der Waals surface area (Å²) in [6, 6.07) is 5.28. The normalized spacial score (nSPS) is 13.2. The first-order chi connectivity index (χ1) is 9.80. The number of aliphatic hydroxyl groups excluding tert-OH is 1. The van der Waals surface area contributed by atoms with Crippen molar-refractivity contribution in [3.63, 3.8) is 0 Å². The van der Waals surface area contributed by atoms with Gasteiger partial charge < -0.3 is 20.1 Å². The number of carbonyl (C=O) groups is 1. The Morgan fingerprint density at radius 1 is 1.48 bits per heavy atom. The second-order valence-corrected chi connectivity index (χ2v) is 6.73. The summed E-state index contributed by atoms with van der Waals surface area (Å²) in [4.78, 5) is 15.0. The lowest BCUT2D eigenvalue weighted by atomic mass is 10.1. The van der Waals surface area contributed by atoms with Gasteiger partial charge in [-0.2, -0.15) is 0 Å². The Bertz CT molecular complexity index is 646. The van der Waals surface area contributed by atoms with Crippen molar-refractivity contribution in [2.45, 2.75) is 32.4 Å². The highest BCUT2D eigenvalue weighted by Crippen LogP contribution is 2.26. The predicted octanol–water partition coefficient (Wildman–Crippen LogP) is 3.49. The van der Waals surface area contributed by atoms with Crippen LogP contribution in [0.4, 0.5) is 4.79 Å². The monoisotopic (exact) mass is 354 g/mol. The summed E-state index contributed by atoms with van der Waals surface area (Å²) >= 11 is 3.41. The summed E-state index contributed by atoms with van der Waals surface area (Å²) in [5.41, 5.74) is 1.18. The third-order valence-electron chi connectivity index (χ3n) is 2.92. The average molecular weight is 355 g/mol. The Labute approximate surface area is 131 Å². The summed E-state index contributed by atoms with van der Waals surface area (Å²) < 4.78 is 6.18. The zero-order chi connectivity index (χ0) is 15.6. The molecular formula is C15H19BrN2O3. The molecule has 0 radical (unpaired) electrons. The van der Waals surface area contributed by atoms with Gasteiger partial charge in [-0.25, -0.2) is 4.79 Å². The quantitative estimate of drug-likeness (QED) is 0.789. The van der Waals surface area contributed by atoms with E-state index < -0.39 is 17.7 Å². The maximum Gasteiger partial charge on any atom is 0.408 e. The summed E-state index contributed by atoms with van der Waals surface area (Å²) in [6.07, 6.45) is 1.24. The molecule has 1 amide bonds. The zero-order valence-electron chi connectivity index (χ0n) is 12.2. The number of aliphatic hydroxyl groups is 1. The Kier molecular flexibility index (Phi) is 4.58. The number of ether oxygens (including phenoxy) is 1. The molecule has 0 aliphatic rings. The van der Waals surface area contributed by atoms with Crippen LogP contribution in [0.2, 0.25) is 0 Å². The molecule has 0 saturated heterocycles. The Morgan fingerprint density at radius 3 is 2.81 bits per heavy atom. The number of carbonyl (C=O) groups excluding carboxylic acids is 1. The van der Waals surface area contributed by atoms with Gasteiger partial charge in [0.15, 0.2) is 0 Å². The number of alkyl carbamates (subject to hydrolysis) is 1. The van der Waals surface area contributed by atoms with Gasteiger partial charge in [0.2, 0.25) is 0 Å². The number of benzene rings is 1. The Hall–Kier alpha value is -1.53. The smallest absolute Gasteiger partial charge is 0.408 e. The lowest BCUT2D eigenvalue weighted by molar-refractivity contribution is 0.0482. The van der Waals surface area contributed by atoms with Gasteiger partial charge in [0, 0.05) is 27.1 Å². The number of aromatic nitrogens is 1. The van der Waals surface area contributed by atoms with Crippen LogP contribution in [0.1, 0.15) is 32.4 Å². The Balaban J connectivity index is 2.22. The zero-order valence-corrected chi connectivity index (χ0v) is 13.8. The highest BCUT2D eigenvalue weighted by Gasteiger charge is 2.21. The van der Waals surface area contributed by atoms with E-state index in [9.17, 15) is 9.90 Å². The van der Waals surface area contributed by atoms with E-state index in [0.717, 1.165) is 20.9 Å². The molecule has 2 rings (SSSR count). The van der Waals surface area contributed by atoms with E-state index in [1.807, 2.05) is 18.2 Å². The molecular weight excluding hydrogens is 336 g/mol. The fraction of sp³-hybridized carbons (Fsp3) is 0.400. The van der Waals surface area contributed by atoms with E-state index in [1.54, 1.807) is 27.0 Å². The van der Waals surface area contributed by atoms with Crippen LogP contribution < -0.4 is 5.32 Å². The minimum absolute atomic E-state index is 0.206. The molecule has 1 heterocycles. The maximum atomic E-state index is 11.9. The van der Waals surface area contributed by atoms with Crippen LogP contribution in [0.3, 0.4) is 0 Å². The third-order valence-corrected chi connectivity index (χ3v) is 3.42. The van der Waals surface area contributed by atoms with Gasteiger partial charge in [0.1, 0.15) is 5.60 Å². The van der Waals surface area contributed by atoms with Gasteiger partial charge >= 0.3 is 6.09 Å². The topological polar surface area (TPSA) is 74.3 Å². The number of aromatic amines is 1. The minimum Gasteiger partial charge on any atom is -0.444 e. The third kappa shape index (κ3) is 3.98. The van der Waals surface area contributed by atoms with Crippen molar-refractivity contribution in [1.82, 2.24) is 10.3 Å². The fourth-order valence-corrected chi connectivity index (χ4v) is 2.44. The second kappa shape index (κ2) is 6.07. The highest BCUT2D eigenvalue weighted by atomic mass is 79.9. The largest absolute Gasteiger partial charge is 0.444 e. The molecule has 1 aromatic carbocycles. The number of rotatable bonds is 3. The molecule has 1 atom stereocenters. The molecule has 6 heteroatoms. The first-order valence-electron chi connectivity index (χ1n) is 6.67. The molecule has 0 saturated carbocycles. The minimum atomic E-state index is -0.574. The number of amides is 1. The van der Waals surface area contributed by atoms with Crippen molar-refractivity contribution in [3.8, 4) is 0 Å². The summed E-state index contributed by atoms with van der Waals surface area (Å²) in [6.45, 7) is 5.18. The van der Waals surface area contributed by atoms with Gasteiger partial charge in [-0.3, -0.25) is 0 Å². The number of fused-ring (bicyclic) bond motifs is 1. The van der Waals surface area contributed by atoms with Gasteiger partial charge in [0.05, 0.1) is 12.6 Å². The van der Waals surface area contributed by atoms with Crippen LogP contribution in [0.5, 0.6) is 0 Å². The standard InChI is InChI=1S/C15H19BrN2O3/c1-15(2,3)21-14(20)18-13(8-19)11-7-17-12-6-9(16)4-5-10(11)12/h4-7,13,17,19H,8H2,1-3H3,(H,18,20)/t13-/m0/s1. The molecule has 1 aromatic heterocycles. The molecule has 0 bridgehead atoms. The van der Waals surface area contributed by atoms with Gasteiger partial charge in [-0.05, 0) is 32.9 Å². The van der Waals surface area contributed by atoms with Gasteiger partial charge in [0.25, 0.3) is 0 Å². The van der Waals surface area contributed by atoms with Crippen LogP contribution in [-0.2, 0) is 4.74 Å². The van der Waals surface area contributed by atoms with E-state index in [4.69, 9.17) is 4.74 Å². The molecule has 21 heavy (non-hydrogen) atoms. The van der Waals surface area contributed by atoms with E-state index in [-0.39, 0.29) is 6.61 Å². The molecule has 3 N–H and O–H groups in total. The number of nitrogens with one attached hydrogen (secondary N) is 2. The summed E-state index contributed by atoms with van der Waals surface area (Å²) in [5.74, 6) is 0. The average Bonchev–Trinajstić information content (AvgIpc) is 2.76. The van der Waals surface area contributed by atoms with E-state index in [2.05, 4.69) is 26.2 Å². The molecule has 5 nitrogen and oxygen atoms in total. The van der Waals surface area contributed by atoms with Crippen LogP contribution in [0.25, 0.3) is 10.9 Å². The Morgan fingerprint density at radius 2 is 2.19 bits per heavy atom. The predicted molar refractivity (Wildman–Crippen MR) is 85.2 cm³/mol. The summed E-state index contributed by atoms with van der Waals surface area (Å²) in [5, 5.41) is 13.2. The molecule has 0 aliphatic carbocycles. The van der Waals surface area contributed by atoms with Crippen molar-refractivity contribution < 1.29 is 14.6 Å². The van der Waals surface area contributed by atoms with Crippen LogP contribution >= 0.6 is 15.9 Å². The SMILES string of the molecule is CC(C)(C)OC(=O)N[C@@H](CO)c1c[nH]c2cc(Br)ccc12. The van der Waals surface area contributed by atoms with Crippen LogP contribution in [-0.4, -0.2) is 28.4 Å². The first-order valence-corrected chi connectivity index (χ1v) is 7.46. The molecule has 0 spiro atoms. The number of hydrogen-bond donors (Lipinski definition) is 3. The van der Waals surface area contributed by atoms with Crippen LogP contribution in [0, 0.1) is 0 Å². The maximum absolute atomic E-state index is 11.9. The van der Waals surface area contributed by atoms with E-state index in [0.29, 0.717) is 0 Å². The van der Waals surface area contributed by atoms with Crippen molar-refractivity contribution >= 4 is 32.9 Å². The highest BCUT2D eigenvalue weighted by molar-refractivity contribution is 9.10.